The summed E-state index contributed by atoms with van der Waals surface area (Å²) in [5.74, 6) is 0.594. The van der Waals surface area contributed by atoms with E-state index in [1.54, 1.807) is 0 Å². The van der Waals surface area contributed by atoms with Crippen molar-refractivity contribution in [3.05, 3.63) is 11.8 Å². The molecular formula is C9H20N2. The average Bonchev–Trinajstić information content (AvgIpc) is 1.84. The van der Waals surface area contributed by atoms with Gasteiger partial charge in [0.1, 0.15) is 0 Å². The molecule has 0 spiro atoms. The van der Waals surface area contributed by atoms with E-state index in [0.717, 1.165) is 0 Å². The van der Waals surface area contributed by atoms with Crippen LogP contribution >= 0.6 is 0 Å². The Morgan fingerprint density at radius 1 is 1.36 bits per heavy atom. The first-order chi connectivity index (χ1) is 4.95. The zero-order valence-corrected chi connectivity index (χ0v) is 8.26. The summed E-state index contributed by atoms with van der Waals surface area (Å²) in [6.07, 6.45) is 2.31. The van der Waals surface area contributed by atoms with Crippen LogP contribution in [0.2, 0.25) is 0 Å². The number of nitrogens with two attached hydrogens (primary N) is 1. The highest BCUT2D eigenvalue weighted by atomic mass is 15.2. The van der Waals surface area contributed by atoms with Crippen molar-refractivity contribution in [1.82, 2.24) is 4.90 Å². The van der Waals surface area contributed by atoms with Crippen LogP contribution < -0.4 is 5.73 Å². The summed E-state index contributed by atoms with van der Waals surface area (Å²) in [4.78, 5) is 2.07. The van der Waals surface area contributed by atoms with Crippen molar-refractivity contribution in [1.29, 1.82) is 0 Å². The fourth-order valence-corrected chi connectivity index (χ4v) is 0.921. The van der Waals surface area contributed by atoms with E-state index in [1.165, 1.54) is 5.70 Å². The zero-order chi connectivity index (χ0) is 9.02. The maximum Gasteiger partial charge on any atom is 0.0735 e. The van der Waals surface area contributed by atoms with Crippen LogP contribution in [0.15, 0.2) is 11.8 Å². The minimum absolute atomic E-state index is 0.102. The van der Waals surface area contributed by atoms with Crippen LogP contribution in [-0.2, 0) is 0 Å². The number of hydrogen-bond donors (Lipinski definition) is 1. The number of allylic oxidation sites excluding steroid dienone is 2. The van der Waals surface area contributed by atoms with E-state index >= 15 is 0 Å². The molecule has 2 heteroatoms. The molecule has 0 aromatic heterocycles. The number of nitrogens with zero attached hydrogens (tertiary/aromatic N) is 1. The van der Waals surface area contributed by atoms with Gasteiger partial charge in [0, 0.05) is 12.7 Å². The zero-order valence-electron chi connectivity index (χ0n) is 8.26. The van der Waals surface area contributed by atoms with Crippen molar-refractivity contribution < 1.29 is 0 Å². The number of rotatable bonds is 3. The van der Waals surface area contributed by atoms with Gasteiger partial charge in [0.2, 0.25) is 0 Å². The Labute approximate surface area is 70.1 Å². The van der Waals surface area contributed by atoms with E-state index in [9.17, 15) is 0 Å². The van der Waals surface area contributed by atoms with E-state index in [2.05, 4.69) is 31.7 Å². The van der Waals surface area contributed by atoms with Gasteiger partial charge in [-0.3, -0.25) is 0 Å². The van der Waals surface area contributed by atoms with Crippen LogP contribution in [0, 0.1) is 5.92 Å². The standard InChI is InChI=1S/C9H20N2/c1-7(2)6-8(3)11(5)9(4)10/h6-7,9H,10H2,1-5H3/b8-6-. The van der Waals surface area contributed by atoms with Crippen LogP contribution in [0.4, 0.5) is 0 Å². The van der Waals surface area contributed by atoms with Crippen LogP contribution in [0.3, 0.4) is 0 Å². The molecule has 0 rings (SSSR count). The fourth-order valence-electron chi connectivity index (χ4n) is 0.921. The quantitative estimate of drug-likeness (QED) is 0.631. The van der Waals surface area contributed by atoms with Gasteiger partial charge in [0.05, 0.1) is 6.17 Å². The molecular weight excluding hydrogens is 136 g/mol. The van der Waals surface area contributed by atoms with Crippen LogP contribution in [0.1, 0.15) is 27.7 Å². The third-order valence-corrected chi connectivity index (χ3v) is 1.74. The van der Waals surface area contributed by atoms with Crippen molar-refractivity contribution in [2.24, 2.45) is 11.7 Å². The topological polar surface area (TPSA) is 29.3 Å². The van der Waals surface area contributed by atoms with Gasteiger partial charge in [-0.05, 0) is 19.8 Å². The Bertz CT molecular complexity index is 136. The molecule has 0 saturated heterocycles. The van der Waals surface area contributed by atoms with Gasteiger partial charge in [-0.25, -0.2) is 0 Å². The Kier molecular flexibility index (Phi) is 4.19. The molecule has 0 fully saturated rings. The van der Waals surface area contributed by atoms with Gasteiger partial charge in [-0.15, -0.1) is 0 Å². The third kappa shape index (κ3) is 4.04. The summed E-state index contributed by atoms with van der Waals surface area (Å²) < 4.78 is 0. The van der Waals surface area contributed by atoms with Crippen LogP contribution in [-0.4, -0.2) is 18.1 Å². The third-order valence-electron chi connectivity index (χ3n) is 1.74. The molecule has 0 amide bonds. The van der Waals surface area contributed by atoms with Gasteiger partial charge in [0.15, 0.2) is 0 Å². The lowest BCUT2D eigenvalue weighted by molar-refractivity contribution is 0.329. The molecule has 2 N–H and O–H groups in total. The largest absolute Gasteiger partial charge is 0.363 e. The summed E-state index contributed by atoms with van der Waals surface area (Å²) >= 11 is 0. The molecule has 0 aliphatic carbocycles. The summed E-state index contributed by atoms with van der Waals surface area (Å²) in [6.45, 7) is 8.40. The van der Waals surface area contributed by atoms with Gasteiger partial charge in [-0.2, -0.15) is 0 Å². The lowest BCUT2D eigenvalue weighted by atomic mass is 10.2. The molecule has 0 aliphatic rings. The molecule has 0 aromatic carbocycles. The average molecular weight is 156 g/mol. The second kappa shape index (κ2) is 4.39. The smallest absolute Gasteiger partial charge is 0.0735 e. The lowest BCUT2D eigenvalue weighted by Crippen LogP contribution is -2.35. The Morgan fingerprint density at radius 2 is 1.82 bits per heavy atom. The van der Waals surface area contributed by atoms with E-state index < -0.39 is 0 Å². The SMILES string of the molecule is C/C(=C/C(C)C)N(C)C(C)N. The molecule has 1 unspecified atom stereocenters. The predicted octanol–water partition coefficient (Wildman–Crippen LogP) is 1.78. The first-order valence-electron chi connectivity index (χ1n) is 4.12. The maximum absolute atomic E-state index is 5.70. The number of hydrogen-bond acceptors (Lipinski definition) is 2. The molecule has 2 nitrogen and oxygen atoms in total. The van der Waals surface area contributed by atoms with Crippen molar-refractivity contribution in [2.45, 2.75) is 33.9 Å². The van der Waals surface area contributed by atoms with E-state index in [0.29, 0.717) is 5.92 Å². The van der Waals surface area contributed by atoms with Crippen molar-refractivity contribution >= 4 is 0 Å². The van der Waals surface area contributed by atoms with E-state index in [1.807, 2.05) is 14.0 Å². The maximum atomic E-state index is 5.70. The monoisotopic (exact) mass is 156 g/mol. The van der Waals surface area contributed by atoms with Gasteiger partial charge in [0.25, 0.3) is 0 Å². The van der Waals surface area contributed by atoms with Crippen molar-refractivity contribution in [3.63, 3.8) is 0 Å². The Balaban J connectivity index is 4.11. The molecule has 66 valence electrons. The Hall–Kier alpha value is -0.500. The van der Waals surface area contributed by atoms with Crippen molar-refractivity contribution in [3.8, 4) is 0 Å². The molecule has 0 aliphatic heterocycles. The molecule has 0 heterocycles. The highest BCUT2D eigenvalue weighted by molar-refractivity contribution is 4.98. The molecule has 11 heavy (non-hydrogen) atoms. The highest BCUT2D eigenvalue weighted by Gasteiger charge is 2.03. The molecule has 0 saturated carbocycles. The van der Waals surface area contributed by atoms with Crippen LogP contribution in [0.5, 0.6) is 0 Å². The second-order valence-electron chi connectivity index (χ2n) is 3.40. The highest BCUT2D eigenvalue weighted by Crippen LogP contribution is 2.06. The second-order valence-corrected chi connectivity index (χ2v) is 3.40. The summed E-state index contributed by atoms with van der Waals surface area (Å²) in [5, 5.41) is 0. The first kappa shape index (κ1) is 10.5. The summed E-state index contributed by atoms with van der Waals surface area (Å²) in [7, 11) is 2.01. The van der Waals surface area contributed by atoms with Crippen LogP contribution in [0.25, 0.3) is 0 Å². The van der Waals surface area contributed by atoms with Gasteiger partial charge in [-0.1, -0.05) is 19.9 Å². The summed E-state index contributed by atoms with van der Waals surface area (Å²) in [5.41, 5.74) is 6.94. The minimum atomic E-state index is 0.102. The summed E-state index contributed by atoms with van der Waals surface area (Å²) in [6, 6.07) is 0. The normalized spacial score (nSPS) is 15.4. The molecule has 0 bridgehead atoms. The Morgan fingerprint density at radius 3 is 2.09 bits per heavy atom. The van der Waals surface area contributed by atoms with Gasteiger partial charge >= 0.3 is 0 Å². The van der Waals surface area contributed by atoms with E-state index in [-0.39, 0.29) is 6.17 Å². The molecule has 0 aromatic rings. The first-order valence-corrected chi connectivity index (χ1v) is 4.12. The molecule has 1 atom stereocenters. The van der Waals surface area contributed by atoms with Gasteiger partial charge < -0.3 is 10.6 Å². The minimum Gasteiger partial charge on any atom is -0.363 e. The lowest BCUT2D eigenvalue weighted by Gasteiger charge is -2.24. The predicted molar refractivity (Wildman–Crippen MR) is 50.0 cm³/mol. The molecule has 0 radical (unpaired) electrons. The fraction of sp³-hybridized carbons (Fsp3) is 0.778. The van der Waals surface area contributed by atoms with E-state index in [4.69, 9.17) is 5.73 Å². The van der Waals surface area contributed by atoms with Crippen molar-refractivity contribution in [2.75, 3.05) is 7.05 Å².